The van der Waals surface area contributed by atoms with Crippen LogP contribution >= 0.6 is 0 Å². The summed E-state index contributed by atoms with van der Waals surface area (Å²) in [6.45, 7) is 8.30. The number of benzene rings is 3. The fourth-order valence-corrected chi connectivity index (χ4v) is 5.07. The molecule has 7 nitrogen and oxygen atoms in total. The molecule has 3 aromatic carbocycles. The smallest absolute Gasteiger partial charge is 0.272 e. The number of hydrogen-bond donors (Lipinski definition) is 3. The number of halogens is 1. The molecule has 0 aliphatic rings. The Morgan fingerprint density at radius 1 is 1.02 bits per heavy atom. The maximum absolute atomic E-state index is 13.7. The zero-order valence-electron chi connectivity index (χ0n) is 24.4. The number of amides is 1. The standard InChI is InChI=1S/C34H39FN3O4/c1-5-27(39)20-28(40)17-18-38-32(22(2)3)31(37-33(38)25-12-14-26(35)15-13-25)34(41)36-21-23-11-16-30(42-4)29(19-23)24-9-7-6-8-10-24/h6-16,19,22,27-28,39-40H,1,5,17-18,20-21H2,2-4H3,(H,36,41). The van der Waals surface area contributed by atoms with Gasteiger partial charge in [-0.25, -0.2) is 9.37 Å². The number of methoxy groups -OCH3 is 1. The Bertz CT molecular complexity index is 1470. The highest BCUT2D eigenvalue weighted by molar-refractivity contribution is 5.94. The quantitative estimate of drug-likeness (QED) is 0.179. The average Bonchev–Trinajstić information content (AvgIpc) is 3.39. The van der Waals surface area contributed by atoms with Crippen LogP contribution in [0.3, 0.4) is 0 Å². The van der Waals surface area contributed by atoms with E-state index in [1.807, 2.05) is 66.9 Å². The molecule has 4 aromatic rings. The Labute approximate surface area is 247 Å². The average molecular weight is 573 g/mol. The van der Waals surface area contributed by atoms with E-state index in [1.165, 1.54) is 12.1 Å². The van der Waals surface area contributed by atoms with E-state index in [-0.39, 0.29) is 36.3 Å². The summed E-state index contributed by atoms with van der Waals surface area (Å²) in [7, 11) is 1.63. The minimum Gasteiger partial charge on any atom is -0.496 e. The van der Waals surface area contributed by atoms with E-state index in [9.17, 15) is 19.4 Å². The summed E-state index contributed by atoms with van der Waals surface area (Å²) in [6.07, 6.45) is -0.578. The van der Waals surface area contributed by atoms with Gasteiger partial charge in [0.1, 0.15) is 23.1 Å². The summed E-state index contributed by atoms with van der Waals surface area (Å²) in [4.78, 5) is 18.4. The van der Waals surface area contributed by atoms with E-state index in [0.717, 1.165) is 28.1 Å². The molecular formula is C34H39FN3O4. The van der Waals surface area contributed by atoms with Crippen molar-refractivity contribution < 1.29 is 24.1 Å². The Hall–Kier alpha value is -4.01. The van der Waals surface area contributed by atoms with E-state index < -0.39 is 12.2 Å². The van der Waals surface area contributed by atoms with E-state index in [1.54, 1.807) is 19.2 Å². The lowest BCUT2D eigenvalue weighted by atomic mass is 10.0. The van der Waals surface area contributed by atoms with Crippen LogP contribution in [0.4, 0.5) is 4.39 Å². The minimum absolute atomic E-state index is 0.0688. The second kappa shape index (κ2) is 14.2. The highest BCUT2D eigenvalue weighted by Crippen LogP contribution is 2.32. The molecule has 0 aliphatic heterocycles. The third-order valence-corrected chi connectivity index (χ3v) is 7.24. The lowest BCUT2D eigenvalue weighted by molar-refractivity contribution is 0.0742. The van der Waals surface area contributed by atoms with Gasteiger partial charge in [0.15, 0.2) is 0 Å². The van der Waals surface area contributed by atoms with Crippen molar-refractivity contribution in [3.05, 3.63) is 102 Å². The number of nitrogens with one attached hydrogen (secondary N) is 1. The number of nitrogens with zero attached hydrogens (tertiary/aromatic N) is 2. The zero-order valence-corrected chi connectivity index (χ0v) is 24.4. The van der Waals surface area contributed by atoms with Crippen molar-refractivity contribution in [2.45, 2.75) is 64.3 Å². The highest BCUT2D eigenvalue weighted by Gasteiger charge is 2.26. The fraction of sp³-hybridized carbons (Fsp3) is 0.324. The van der Waals surface area contributed by atoms with Crippen molar-refractivity contribution >= 4 is 5.91 Å². The third kappa shape index (κ3) is 7.43. The minimum atomic E-state index is -0.753. The number of aliphatic hydroxyl groups excluding tert-OH is 2. The number of ether oxygens (including phenoxy) is 1. The third-order valence-electron chi connectivity index (χ3n) is 7.24. The van der Waals surface area contributed by atoms with Gasteiger partial charge in [-0.1, -0.05) is 57.2 Å². The molecule has 8 heteroatoms. The van der Waals surface area contributed by atoms with Crippen molar-refractivity contribution in [3.8, 4) is 28.3 Å². The van der Waals surface area contributed by atoms with Crippen molar-refractivity contribution in [3.63, 3.8) is 0 Å². The maximum Gasteiger partial charge on any atom is 0.272 e. The lowest BCUT2D eigenvalue weighted by Gasteiger charge is -2.19. The van der Waals surface area contributed by atoms with Crippen LogP contribution in [0.5, 0.6) is 5.75 Å². The van der Waals surface area contributed by atoms with Gasteiger partial charge in [-0.3, -0.25) is 4.79 Å². The fourth-order valence-electron chi connectivity index (χ4n) is 5.07. The largest absolute Gasteiger partial charge is 0.496 e. The first-order chi connectivity index (χ1) is 20.2. The molecule has 3 N–H and O–H groups in total. The van der Waals surface area contributed by atoms with Gasteiger partial charge in [0.05, 0.1) is 25.0 Å². The van der Waals surface area contributed by atoms with Crippen LogP contribution < -0.4 is 10.1 Å². The summed E-state index contributed by atoms with van der Waals surface area (Å²) in [6, 6.07) is 21.7. The van der Waals surface area contributed by atoms with Crippen molar-refractivity contribution in [1.29, 1.82) is 0 Å². The normalized spacial score (nSPS) is 12.8. The Kier molecular flexibility index (Phi) is 10.5. The van der Waals surface area contributed by atoms with Crippen LogP contribution in [0.15, 0.2) is 72.8 Å². The van der Waals surface area contributed by atoms with E-state index in [0.29, 0.717) is 30.8 Å². The van der Waals surface area contributed by atoms with Crippen LogP contribution in [0.1, 0.15) is 60.8 Å². The molecule has 0 saturated heterocycles. The molecule has 1 amide bonds. The predicted molar refractivity (Wildman–Crippen MR) is 163 cm³/mol. The Balaban J connectivity index is 1.63. The number of rotatable bonds is 13. The molecule has 1 aromatic heterocycles. The van der Waals surface area contributed by atoms with Gasteiger partial charge in [0.25, 0.3) is 5.91 Å². The molecule has 2 unspecified atom stereocenters. The van der Waals surface area contributed by atoms with E-state index in [4.69, 9.17) is 9.72 Å². The van der Waals surface area contributed by atoms with Gasteiger partial charge >= 0.3 is 0 Å². The lowest BCUT2D eigenvalue weighted by Crippen LogP contribution is -2.25. The van der Waals surface area contributed by atoms with Gasteiger partial charge in [-0.2, -0.15) is 0 Å². The zero-order chi connectivity index (χ0) is 30.2. The van der Waals surface area contributed by atoms with Crippen molar-refractivity contribution in [2.75, 3.05) is 7.11 Å². The first kappa shape index (κ1) is 30.9. The van der Waals surface area contributed by atoms with Gasteiger partial charge < -0.3 is 24.8 Å². The summed E-state index contributed by atoms with van der Waals surface area (Å²) >= 11 is 0. The molecular weight excluding hydrogens is 533 g/mol. The van der Waals surface area contributed by atoms with Crippen molar-refractivity contribution in [2.24, 2.45) is 0 Å². The second-order valence-corrected chi connectivity index (χ2v) is 10.7. The van der Waals surface area contributed by atoms with Gasteiger partial charge in [0.2, 0.25) is 0 Å². The van der Waals surface area contributed by atoms with Gasteiger partial charge in [0, 0.05) is 24.2 Å². The number of aliphatic hydroxyl groups is 2. The molecule has 4 rings (SSSR count). The molecule has 0 spiro atoms. The van der Waals surface area contributed by atoms with Crippen molar-refractivity contribution in [1.82, 2.24) is 14.9 Å². The maximum atomic E-state index is 13.7. The Morgan fingerprint density at radius 3 is 2.38 bits per heavy atom. The van der Waals surface area contributed by atoms with Crippen LogP contribution in [0.25, 0.3) is 22.5 Å². The van der Waals surface area contributed by atoms with Crippen LogP contribution in [0, 0.1) is 12.7 Å². The first-order valence-corrected chi connectivity index (χ1v) is 14.2. The van der Waals surface area contributed by atoms with Crippen LogP contribution in [-0.4, -0.2) is 45.0 Å². The van der Waals surface area contributed by atoms with Gasteiger partial charge in [-0.05, 0) is 72.7 Å². The van der Waals surface area contributed by atoms with E-state index in [2.05, 4.69) is 12.2 Å². The number of aromatic nitrogens is 2. The molecule has 1 radical (unpaired) electrons. The monoisotopic (exact) mass is 572 g/mol. The molecule has 221 valence electrons. The number of hydrogen-bond acceptors (Lipinski definition) is 5. The van der Waals surface area contributed by atoms with Gasteiger partial charge in [-0.15, -0.1) is 0 Å². The second-order valence-electron chi connectivity index (χ2n) is 10.7. The summed E-state index contributed by atoms with van der Waals surface area (Å²) in [5.74, 6) is 0.494. The molecule has 2 atom stereocenters. The van der Waals surface area contributed by atoms with E-state index >= 15 is 0 Å². The number of imidazole rings is 1. The molecule has 0 bridgehead atoms. The van der Waals surface area contributed by atoms with Crippen LogP contribution in [0.2, 0.25) is 0 Å². The molecule has 0 saturated carbocycles. The number of carbonyl (C=O) groups excluding carboxylic acids is 1. The predicted octanol–water partition coefficient (Wildman–Crippen LogP) is 6.14. The molecule has 1 heterocycles. The summed E-state index contributed by atoms with van der Waals surface area (Å²) < 4.78 is 21.2. The molecule has 42 heavy (non-hydrogen) atoms. The number of carbonyl (C=O) groups is 1. The topological polar surface area (TPSA) is 96.6 Å². The molecule has 0 aliphatic carbocycles. The highest BCUT2D eigenvalue weighted by atomic mass is 19.1. The summed E-state index contributed by atoms with van der Waals surface area (Å²) in [5, 5.41) is 23.5. The SMILES string of the molecule is [CH2]CC(O)CC(O)CCn1c(-c2ccc(F)cc2)nc(C(=O)NCc2ccc(OC)c(-c3ccccc3)c2)c1C(C)C. The van der Waals surface area contributed by atoms with Crippen LogP contribution in [-0.2, 0) is 13.1 Å². The Morgan fingerprint density at radius 2 is 1.74 bits per heavy atom. The first-order valence-electron chi connectivity index (χ1n) is 14.2. The summed E-state index contributed by atoms with van der Waals surface area (Å²) in [5.41, 5.74) is 4.51. The molecule has 0 fully saturated rings.